The maximum Gasteiger partial charge on any atom is 0.132 e. The molecule has 0 amide bonds. The van der Waals surface area contributed by atoms with Gasteiger partial charge in [-0.3, -0.25) is 4.90 Å². The summed E-state index contributed by atoms with van der Waals surface area (Å²) in [5, 5.41) is 6.92. The van der Waals surface area contributed by atoms with E-state index in [4.69, 9.17) is 0 Å². The van der Waals surface area contributed by atoms with Crippen LogP contribution in [0.15, 0.2) is 6.33 Å². The van der Waals surface area contributed by atoms with Gasteiger partial charge in [0.25, 0.3) is 0 Å². The molecule has 1 fully saturated rings. The Bertz CT molecular complexity index is 428. The molecular formula is C15H25N5. The van der Waals surface area contributed by atoms with Crippen molar-refractivity contribution in [2.45, 2.75) is 32.1 Å². The summed E-state index contributed by atoms with van der Waals surface area (Å²) in [6.07, 6.45) is 7.82. The van der Waals surface area contributed by atoms with Crippen molar-refractivity contribution in [3.63, 3.8) is 0 Å². The largest absolute Gasteiger partial charge is 0.368 e. The fourth-order valence-electron chi connectivity index (χ4n) is 3.12. The minimum absolute atomic E-state index is 0.976. The minimum atomic E-state index is 0.976. The van der Waals surface area contributed by atoms with Crippen LogP contribution in [0.25, 0.3) is 0 Å². The zero-order chi connectivity index (χ0) is 13.6. The quantitative estimate of drug-likeness (QED) is 0.805. The van der Waals surface area contributed by atoms with Crippen LogP contribution in [0.4, 0.5) is 5.82 Å². The molecule has 1 saturated heterocycles. The molecule has 0 spiro atoms. The van der Waals surface area contributed by atoms with Gasteiger partial charge < -0.3 is 10.6 Å². The van der Waals surface area contributed by atoms with E-state index in [0.29, 0.717) is 0 Å². The number of hydrogen-bond donors (Lipinski definition) is 2. The van der Waals surface area contributed by atoms with Gasteiger partial charge in [0.1, 0.15) is 12.1 Å². The van der Waals surface area contributed by atoms with Gasteiger partial charge in [-0.05, 0) is 25.7 Å². The van der Waals surface area contributed by atoms with Gasteiger partial charge in [-0.25, -0.2) is 9.97 Å². The summed E-state index contributed by atoms with van der Waals surface area (Å²) in [5.74, 6) is 1.08. The summed E-state index contributed by atoms with van der Waals surface area (Å²) in [6.45, 7) is 6.61. The summed E-state index contributed by atoms with van der Waals surface area (Å²) in [4.78, 5) is 11.4. The van der Waals surface area contributed by atoms with E-state index < -0.39 is 0 Å². The lowest BCUT2D eigenvalue weighted by atomic mass is 10.1. The Morgan fingerprint density at radius 2 is 1.95 bits per heavy atom. The van der Waals surface area contributed by atoms with Crippen molar-refractivity contribution in [3.05, 3.63) is 17.6 Å². The molecule has 1 aliphatic carbocycles. The molecule has 0 saturated carbocycles. The predicted molar refractivity (Wildman–Crippen MR) is 81.1 cm³/mol. The van der Waals surface area contributed by atoms with Gasteiger partial charge in [-0.2, -0.15) is 0 Å². The number of anilines is 1. The molecule has 0 atom stereocenters. The lowest BCUT2D eigenvalue weighted by Crippen LogP contribution is -2.45. The van der Waals surface area contributed by atoms with Crippen molar-refractivity contribution in [3.8, 4) is 0 Å². The number of aromatic nitrogens is 2. The average Bonchev–Trinajstić information content (AvgIpc) is 2.74. The maximum absolute atomic E-state index is 4.47. The topological polar surface area (TPSA) is 53.1 Å². The fourth-order valence-corrected chi connectivity index (χ4v) is 3.12. The lowest BCUT2D eigenvalue weighted by molar-refractivity contribution is 0.249. The van der Waals surface area contributed by atoms with Crippen molar-refractivity contribution in [1.82, 2.24) is 20.2 Å². The molecular weight excluding hydrogens is 250 g/mol. The zero-order valence-electron chi connectivity index (χ0n) is 12.2. The second-order valence-corrected chi connectivity index (χ2v) is 5.73. The molecule has 5 heteroatoms. The van der Waals surface area contributed by atoms with Gasteiger partial charge in [-0.1, -0.05) is 6.42 Å². The van der Waals surface area contributed by atoms with E-state index in [-0.39, 0.29) is 0 Å². The van der Waals surface area contributed by atoms with Gasteiger partial charge >= 0.3 is 0 Å². The number of fused-ring (bicyclic) bond motifs is 1. The van der Waals surface area contributed by atoms with Crippen LogP contribution in [0.5, 0.6) is 0 Å². The van der Waals surface area contributed by atoms with E-state index in [1.165, 1.54) is 30.5 Å². The van der Waals surface area contributed by atoms with E-state index in [1.54, 1.807) is 6.33 Å². The molecule has 0 bridgehead atoms. The molecule has 20 heavy (non-hydrogen) atoms. The second kappa shape index (κ2) is 6.99. The molecule has 1 aromatic rings. The van der Waals surface area contributed by atoms with Crippen molar-refractivity contribution in [1.29, 1.82) is 0 Å². The SMILES string of the molecule is c1nc2c(c(NCCN3CCNCC3)n1)CCCCC2. The van der Waals surface area contributed by atoms with Crippen LogP contribution in [0.2, 0.25) is 0 Å². The highest BCUT2D eigenvalue weighted by molar-refractivity contribution is 5.46. The van der Waals surface area contributed by atoms with Crippen LogP contribution in [0.3, 0.4) is 0 Å². The summed E-state index contributed by atoms with van der Waals surface area (Å²) in [6, 6.07) is 0. The van der Waals surface area contributed by atoms with E-state index >= 15 is 0 Å². The maximum atomic E-state index is 4.47. The molecule has 0 aromatic carbocycles. The number of piperazine rings is 1. The summed E-state index contributed by atoms with van der Waals surface area (Å²) >= 11 is 0. The van der Waals surface area contributed by atoms with Gasteiger partial charge in [0.05, 0.1) is 0 Å². The van der Waals surface area contributed by atoms with Gasteiger partial charge in [0, 0.05) is 50.5 Å². The molecule has 5 nitrogen and oxygen atoms in total. The molecule has 0 radical (unpaired) electrons. The fraction of sp³-hybridized carbons (Fsp3) is 0.733. The number of nitrogens with one attached hydrogen (secondary N) is 2. The molecule has 110 valence electrons. The van der Waals surface area contributed by atoms with Gasteiger partial charge in [-0.15, -0.1) is 0 Å². The number of nitrogens with zero attached hydrogens (tertiary/aromatic N) is 3. The Kier molecular flexibility index (Phi) is 4.82. The molecule has 2 aliphatic rings. The van der Waals surface area contributed by atoms with E-state index in [2.05, 4.69) is 25.5 Å². The Balaban J connectivity index is 1.57. The Morgan fingerprint density at radius 3 is 2.85 bits per heavy atom. The van der Waals surface area contributed by atoms with Crippen LogP contribution in [0, 0.1) is 0 Å². The average molecular weight is 275 g/mol. The normalized spacial score (nSPS) is 20.2. The number of rotatable bonds is 4. The summed E-state index contributed by atoms with van der Waals surface area (Å²) in [5.41, 5.74) is 2.63. The number of hydrogen-bond acceptors (Lipinski definition) is 5. The first-order chi connectivity index (χ1) is 9.93. The summed E-state index contributed by atoms with van der Waals surface area (Å²) in [7, 11) is 0. The van der Waals surface area contributed by atoms with Crippen molar-refractivity contribution < 1.29 is 0 Å². The third-order valence-corrected chi connectivity index (χ3v) is 4.31. The van der Waals surface area contributed by atoms with Crippen LogP contribution < -0.4 is 10.6 Å². The highest BCUT2D eigenvalue weighted by Gasteiger charge is 2.14. The summed E-state index contributed by atoms with van der Waals surface area (Å²) < 4.78 is 0. The van der Waals surface area contributed by atoms with Crippen LogP contribution in [-0.4, -0.2) is 54.1 Å². The van der Waals surface area contributed by atoms with Crippen molar-refractivity contribution >= 4 is 5.82 Å². The second-order valence-electron chi connectivity index (χ2n) is 5.73. The van der Waals surface area contributed by atoms with E-state index in [1.807, 2.05) is 0 Å². The van der Waals surface area contributed by atoms with Gasteiger partial charge in [0.2, 0.25) is 0 Å². The first-order valence-electron chi connectivity index (χ1n) is 7.93. The van der Waals surface area contributed by atoms with Crippen LogP contribution >= 0.6 is 0 Å². The molecule has 0 unspecified atom stereocenters. The highest BCUT2D eigenvalue weighted by atomic mass is 15.2. The monoisotopic (exact) mass is 275 g/mol. The standard InChI is InChI=1S/C15H25N5/c1-2-4-13-14(5-3-1)18-12-19-15(13)17-8-11-20-9-6-16-7-10-20/h12,16H,1-11H2,(H,17,18,19). The molecule has 2 heterocycles. The Morgan fingerprint density at radius 1 is 1.10 bits per heavy atom. The lowest BCUT2D eigenvalue weighted by Gasteiger charge is -2.27. The Hall–Kier alpha value is -1.20. The first-order valence-corrected chi connectivity index (χ1v) is 7.93. The highest BCUT2D eigenvalue weighted by Crippen LogP contribution is 2.23. The first kappa shape index (κ1) is 13.8. The predicted octanol–water partition coefficient (Wildman–Crippen LogP) is 1.06. The van der Waals surface area contributed by atoms with Crippen LogP contribution in [0.1, 0.15) is 30.5 Å². The third-order valence-electron chi connectivity index (χ3n) is 4.31. The molecule has 2 N–H and O–H groups in total. The Labute approximate surface area is 121 Å². The van der Waals surface area contributed by atoms with Crippen LogP contribution in [-0.2, 0) is 12.8 Å². The molecule has 1 aromatic heterocycles. The van der Waals surface area contributed by atoms with Gasteiger partial charge in [0.15, 0.2) is 0 Å². The van der Waals surface area contributed by atoms with Crippen molar-refractivity contribution in [2.24, 2.45) is 0 Å². The smallest absolute Gasteiger partial charge is 0.132 e. The minimum Gasteiger partial charge on any atom is -0.368 e. The zero-order valence-corrected chi connectivity index (χ0v) is 12.2. The van der Waals surface area contributed by atoms with Crippen molar-refractivity contribution in [2.75, 3.05) is 44.6 Å². The van der Waals surface area contributed by atoms with E-state index in [9.17, 15) is 0 Å². The number of aryl methyl sites for hydroxylation is 1. The molecule has 3 rings (SSSR count). The van der Waals surface area contributed by atoms with E-state index in [0.717, 1.165) is 57.9 Å². The third kappa shape index (κ3) is 3.46. The molecule has 1 aliphatic heterocycles.